The van der Waals surface area contributed by atoms with Crippen LogP contribution in [0.5, 0.6) is 0 Å². The average Bonchev–Trinajstić information content (AvgIpc) is 2.34. The van der Waals surface area contributed by atoms with Gasteiger partial charge in [0.05, 0.1) is 11.2 Å². The number of primary amides is 1. The van der Waals surface area contributed by atoms with Crippen LogP contribution in [-0.2, 0) is 4.74 Å². The molecule has 0 fully saturated rings. The van der Waals surface area contributed by atoms with Gasteiger partial charge < -0.3 is 15.8 Å². The summed E-state index contributed by atoms with van der Waals surface area (Å²) in [5, 5.41) is 3.11. The number of nitrogens with two attached hydrogens (primary N) is 1. The first kappa shape index (κ1) is 12.6. The second-order valence-electron chi connectivity index (χ2n) is 3.47. The van der Waals surface area contributed by atoms with E-state index in [0.29, 0.717) is 6.54 Å². The third-order valence-electron chi connectivity index (χ3n) is 2.21. The van der Waals surface area contributed by atoms with Crippen LogP contribution in [-0.4, -0.2) is 29.2 Å². The van der Waals surface area contributed by atoms with Crippen LogP contribution in [0.4, 0.5) is 10.5 Å². The van der Waals surface area contributed by atoms with Gasteiger partial charge in [0, 0.05) is 23.4 Å². The molecule has 0 aromatic carbocycles. The van der Waals surface area contributed by atoms with E-state index in [4.69, 9.17) is 5.73 Å². The Balaban J connectivity index is 2.11. The molecule has 6 nitrogen and oxygen atoms in total. The van der Waals surface area contributed by atoms with Crippen molar-refractivity contribution in [2.75, 3.05) is 18.5 Å². The molecule has 0 radical (unpaired) electrons. The molecule has 3 N–H and O–H groups in total. The van der Waals surface area contributed by atoms with E-state index in [0.717, 1.165) is 21.2 Å². The zero-order valence-electron chi connectivity index (χ0n) is 9.39. The highest BCUT2D eigenvalue weighted by Crippen LogP contribution is 2.21. The lowest BCUT2D eigenvalue weighted by Gasteiger charge is -2.08. The fourth-order valence-corrected chi connectivity index (χ4v) is 1.80. The normalized spacial score (nSPS) is 10.3. The fraction of sp³-hybridized carbons (Fsp3) is 0.182. The molecule has 0 saturated heterocycles. The average molecular weight is 311 g/mol. The van der Waals surface area contributed by atoms with E-state index in [1.807, 2.05) is 12.1 Å². The molecule has 2 rings (SSSR count). The lowest BCUT2D eigenvalue weighted by atomic mass is 10.3. The number of pyridine rings is 2. The smallest absolute Gasteiger partial charge is 0.404 e. The number of rotatable bonds is 4. The number of nitrogens with one attached hydrogen (secondary N) is 1. The van der Waals surface area contributed by atoms with Crippen molar-refractivity contribution in [2.24, 2.45) is 5.73 Å². The third-order valence-corrected chi connectivity index (χ3v) is 2.64. The van der Waals surface area contributed by atoms with Crippen LogP contribution in [0.25, 0.3) is 11.0 Å². The van der Waals surface area contributed by atoms with Gasteiger partial charge in [-0.05, 0) is 28.1 Å². The van der Waals surface area contributed by atoms with E-state index in [9.17, 15) is 4.79 Å². The first-order chi connectivity index (χ1) is 8.66. The molecule has 0 saturated carbocycles. The minimum atomic E-state index is -0.779. The van der Waals surface area contributed by atoms with Crippen molar-refractivity contribution in [2.45, 2.75) is 0 Å². The maximum Gasteiger partial charge on any atom is 0.404 e. The van der Waals surface area contributed by atoms with E-state index < -0.39 is 6.09 Å². The number of aromatic nitrogens is 2. The molecule has 7 heteroatoms. The molecule has 0 unspecified atom stereocenters. The highest BCUT2D eigenvalue weighted by molar-refractivity contribution is 9.10. The second kappa shape index (κ2) is 5.63. The van der Waals surface area contributed by atoms with Crippen LogP contribution < -0.4 is 11.1 Å². The number of amides is 1. The van der Waals surface area contributed by atoms with E-state index >= 15 is 0 Å². The first-order valence-corrected chi connectivity index (χ1v) is 6.02. The molecule has 0 aliphatic rings. The number of fused-ring (bicyclic) bond motifs is 1. The molecule has 2 aromatic rings. The van der Waals surface area contributed by atoms with Gasteiger partial charge in [-0.25, -0.2) is 4.79 Å². The molecule has 0 atom stereocenters. The summed E-state index contributed by atoms with van der Waals surface area (Å²) in [6.45, 7) is 0.662. The van der Waals surface area contributed by atoms with Gasteiger partial charge in [0.25, 0.3) is 0 Å². The van der Waals surface area contributed by atoms with Crippen molar-refractivity contribution in [3.63, 3.8) is 0 Å². The number of hydrogen-bond acceptors (Lipinski definition) is 5. The van der Waals surface area contributed by atoms with Crippen molar-refractivity contribution >= 4 is 38.7 Å². The van der Waals surface area contributed by atoms with Gasteiger partial charge in [0.15, 0.2) is 0 Å². The van der Waals surface area contributed by atoms with E-state index in [1.165, 1.54) is 0 Å². The Bertz CT molecular complexity index is 576. The number of carbonyl (C=O) groups is 1. The van der Waals surface area contributed by atoms with E-state index in [2.05, 4.69) is 36.0 Å². The standard InChI is InChI=1S/C11H11BrN4O2/c12-7-5-9-10(16-6-7)8(1-2-14-9)15-3-4-18-11(13)17/h1-2,5-6H,3-4H2,(H2,13,17)(H,14,15). The molecular formula is C11H11BrN4O2. The maximum atomic E-state index is 10.4. The molecule has 0 aliphatic carbocycles. The quantitative estimate of drug-likeness (QED) is 0.842. The highest BCUT2D eigenvalue weighted by atomic mass is 79.9. The summed E-state index contributed by atoms with van der Waals surface area (Å²) in [5.41, 5.74) is 7.24. The number of hydrogen-bond donors (Lipinski definition) is 2. The lowest BCUT2D eigenvalue weighted by Crippen LogP contribution is -2.18. The summed E-state index contributed by atoms with van der Waals surface area (Å²) in [6.07, 6.45) is 2.61. The molecule has 1 amide bonds. The van der Waals surface area contributed by atoms with Crippen molar-refractivity contribution in [3.05, 3.63) is 29.0 Å². The number of halogens is 1. The summed E-state index contributed by atoms with van der Waals surface area (Å²) in [5.74, 6) is 0. The maximum absolute atomic E-state index is 10.4. The highest BCUT2D eigenvalue weighted by Gasteiger charge is 2.03. The van der Waals surface area contributed by atoms with Crippen LogP contribution in [0.3, 0.4) is 0 Å². The first-order valence-electron chi connectivity index (χ1n) is 5.23. The van der Waals surface area contributed by atoms with Gasteiger partial charge in [-0.15, -0.1) is 0 Å². The van der Waals surface area contributed by atoms with Gasteiger partial charge >= 0.3 is 6.09 Å². The van der Waals surface area contributed by atoms with Crippen LogP contribution in [0.1, 0.15) is 0 Å². The molecule has 18 heavy (non-hydrogen) atoms. The van der Waals surface area contributed by atoms with Crippen molar-refractivity contribution in [1.29, 1.82) is 0 Å². The van der Waals surface area contributed by atoms with Gasteiger partial charge in [-0.2, -0.15) is 0 Å². The minimum absolute atomic E-state index is 0.204. The van der Waals surface area contributed by atoms with Crippen LogP contribution in [0.2, 0.25) is 0 Å². The molecule has 94 valence electrons. The summed E-state index contributed by atoms with van der Waals surface area (Å²) in [4.78, 5) is 18.9. The molecule has 2 aromatic heterocycles. The van der Waals surface area contributed by atoms with Crippen LogP contribution in [0.15, 0.2) is 29.0 Å². The Morgan fingerprint density at radius 3 is 3.11 bits per heavy atom. The molecule has 0 bridgehead atoms. The third kappa shape index (κ3) is 3.07. The number of carbonyl (C=O) groups excluding carboxylic acids is 1. The monoisotopic (exact) mass is 310 g/mol. The van der Waals surface area contributed by atoms with Gasteiger partial charge in [-0.3, -0.25) is 9.97 Å². The summed E-state index contributed by atoms with van der Waals surface area (Å²) in [6, 6.07) is 3.70. The van der Waals surface area contributed by atoms with E-state index in [1.54, 1.807) is 12.4 Å². The Hall–Kier alpha value is -1.89. The summed E-state index contributed by atoms with van der Waals surface area (Å²) < 4.78 is 5.50. The van der Waals surface area contributed by atoms with Crippen LogP contribution >= 0.6 is 15.9 Å². The van der Waals surface area contributed by atoms with Crippen molar-refractivity contribution in [3.8, 4) is 0 Å². The SMILES string of the molecule is NC(=O)OCCNc1ccnc2cc(Br)cnc12. The Kier molecular flexibility index (Phi) is 3.93. The topological polar surface area (TPSA) is 90.1 Å². The molecule has 0 aliphatic heterocycles. The Labute approximate surface area is 112 Å². The van der Waals surface area contributed by atoms with Gasteiger partial charge in [0.1, 0.15) is 12.1 Å². The molecule has 0 spiro atoms. The predicted molar refractivity (Wildman–Crippen MR) is 71.3 cm³/mol. The Morgan fingerprint density at radius 2 is 2.33 bits per heavy atom. The number of ether oxygens (including phenoxy) is 1. The zero-order chi connectivity index (χ0) is 13.0. The van der Waals surface area contributed by atoms with Gasteiger partial charge in [0.2, 0.25) is 0 Å². The lowest BCUT2D eigenvalue weighted by molar-refractivity contribution is 0.161. The van der Waals surface area contributed by atoms with E-state index in [-0.39, 0.29) is 6.61 Å². The Morgan fingerprint density at radius 1 is 1.50 bits per heavy atom. The van der Waals surface area contributed by atoms with Gasteiger partial charge in [-0.1, -0.05) is 0 Å². The predicted octanol–water partition coefficient (Wildman–Crippen LogP) is 1.90. The fourth-order valence-electron chi connectivity index (χ4n) is 1.49. The van der Waals surface area contributed by atoms with Crippen molar-refractivity contribution in [1.82, 2.24) is 9.97 Å². The zero-order valence-corrected chi connectivity index (χ0v) is 11.0. The van der Waals surface area contributed by atoms with Crippen molar-refractivity contribution < 1.29 is 9.53 Å². The van der Waals surface area contributed by atoms with Crippen LogP contribution in [0, 0.1) is 0 Å². The summed E-state index contributed by atoms with van der Waals surface area (Å²) >= 11 is 3.34. The number of nitrogens with zero attached hydrogens (tertiary/aromatic N) is 2. The number of anilines is 1. The molecular weight excluding hydrogens is 300 g/mol. The minimum Gasteiger partial charge on any atom is -0.448 e. The molecule has 2 heterocycles. The summed E-state index contributed by atoms with van der Waals surface area (Å²) in [7, 11) is 0. The second-order valence-corrected chi connectivity index (χ2v) is 4.39. The largest absolute Gasteiger partial charge is 0.448 e.